The van der Waals surface area contributed by atoms with Crippen LogP contribution >= 0.6 is 15.9 Å². The van der Waals surface area contributed by atoms with Crippen molar-refractivity contribution in [1.29, 1.82) is 0 Å². The van der Waals surface area contributed by atoms with Crippen molar-refractivity contribution in [2.45, 2.75) is 19.4 Å². The molecule has 1 atom stereocenters. The summed E-state index contributed by atoms with van der Waals surface area (Å²) in [4.78, 5) is 0. The number of methoxy groups -OCH3 is 1. The Morgan fingerprint density at radius 1 is 1.21 bits per heavy atom. The zero-order valence-corrected chi connectivity index (χ0v) is 12.6. The lowest BCUT2D eigenvalue weighted by Gasteiger charge is -2.16. The molecule has 0 heterocycles. The maximum atomic E-state index is 10.4. The summed E-state index contributed by atoms with van der Waals surface area (Å²) in [6.45, 7) is 2.06. The summed E-state index contributed by atoms with van der Waals surface area (Å²) in [5.74, 6) is 0.712. The van der Waals surface area contributed by atoms with E-state index in [2.05, 4.69) is 28.9 Å². The zero-order chi connectivity index (χ0) is 13.8. The van der Waals surface area contributed by atoms with E-state index >= 15 is 0 Å². The molecule has 0 fully saturated rings. The molecule has 1 unspecified atom stereocenters. The lowest BCUT2D eigenvalue weighted by Crippen LogP contribution is -2.05. The van der Waals surface area contributed by atoms with E-state index in [-0.39, 0.29) is 0 Å². The Hall–Kier alpha value is -1.32. The lowest BCUT2D eigenvalue weighted by atomic mass is 9.98. The van der Waals surface area contributed by atoms with E-state index in [9.17, 15) is 5.11 Å². The molecule has 0 aliphatic heterocycles. The van der Waals surface area contributed by atoms with E-state index in [0.717, 1.165) is 15.6 Å². The average molecular weight is 321 g/mol. The first-order chi connectivity index (χ1) is 9.11. The van der Waals surface area contributed by atoms with Crippen molar-refractivity contribution in [1.82, 2.24) is 0 Å². The molecule has 0 spiro atoms. The first-order valence-corrected chi connectivity index (χ1v) is 6.97. The topological polar surface area (TPSA) is 29.5 Å². The zero-order valence-electron chi connectivity index (χ0n) is 11.1. The van der Waals surface area contributed by atoms with Crippen LogP contribution in [0.2, 0.25) is 0 Å². The van der Waals surface area contributed by atoms with Crippen LogP contribution < -0.4 is 4.74 Å². The number of aryl methyl sites for hydroxylation is 1. The van der Waals surface area contributed by atoms with Crippen molar-refractivity contribution in [3.8, 4) is 5.75 Å². The van der Waals surface area contributed by atoms with Crippen LogP contribution in [0.4, 0.5) is 0 Å². The fourth-order valence-corrected chi connectivity index (χ4v) is 2.50. The SMILES string of the molecule is COc1ccc(Br)cc1C(O)Cc1ccccc1C. The normalized spacial score (nSPS) is 12.2. The second kappa shape index (κ2) is 6.22. The second-order valence-corrected chi connectivity index (χ2v) is 5.45. The van der Waals surface area contributed by atoms with E-state index in [1.54, 1.807) is 7.11 Å². The van der Waals surface area contributed by atoms with Gasteiger partial charge < -0.3 is 9.84 Å². The van der Waals surface area contributed by atoms with Crippen LogP contribution in [-0.2, 0) is 6.42 Å². The maximum Gasteiger partial charge on any atom is 0.124 e. The Balaban J connectivity index is 2.27. The fraction of sp³-hybridized carbons (Fsp3) is 0.250. The fourth-order valence-electron chi connectivity index (χ4n) is 2.12. The Labute approximate surface area is 122 Å². The molecule has 19 heavy (non-hydrogen) atoms. The predicted molar refractivity (Wildman–Crippen MR) is 80.5 cm³/mol. The Morgan fingerprint density at radius 2 is 1.95 bits per heavy atom. The minimum absolute atomic E-state index is 0.575. The molecular formula is C16H17BrO2. The van der Waals surface area contributed by atoms with Gasteiger partial charge in [-0.25, -0.2) is 0 Å². The largest absolute Gasteiger partial charge is 0.496 e. The van der Waals surface area contributed by atoms with Crippen molar-refractivity contribution in [2.24, 2.45) is 0 Å². The minimum atomic E-state index is -0.575. The molecule has 1 N–H and O–H groups in total. The minimum Gasteiger partial charge on any atom is -0.496 e. The molecular weight excluding hydrogens is 304 g/mol. The molecule has 3 heteroatoms. The third-order valence-corrected chi connectivity index (χ3v) is 3.72. The highest BCUT2D eigenvalue weighted by molar-refractivity contribution is 9.10. The van der Waals surface area contributed by atoms with Gasteiger partial charge in [0.25, 0.3) is 0 Å². The summed E-state index contributed by atoms with van der Waals surface area (Å²) in [5, 5.41) is 10.4. The van der Waals surface area contributed by atoms with Gasteiger partial charge in [0.15, 0.2) is 0 Å². The molecule has 0 aliphatic carbocycles. The molecule has 2 aromatic carbocycles. The van der Waals surface area contributed by atoms with E-state index in [1.165, 1.54) is 5.56 Å². The van der Waals surface area contributed by atoms with Crippen molar-refractivity contribution in [2.75, 3.05) is 7.11 Å². The summed E-state index contributed by atoms with van der Waals surface area (Å²) < 4.78 is 6.25. The van der Waals surface area contributed by atoms with Crippen LogP contribution in [0.1, 0.15) is 22.8 Å². The van der Waals surface area contributed by atoms with Crippen molar-refractivity contribution in [3.05, 3.63) is 63.6 Å². The van der Waals surface area contributed by atoms with Gasteiger partial charge in [-0.2, -0.15) is 0 Å². The van der Waals surface area contributed by atoms with Gasteiger partial charge in [0.05, 0.1) is 13.2 Å². The smallest absolute Gasteiger partial charge is 0.124 e. The van der Waals surface area contributed by atoms with E-state index < -0.39 is 6.10 Å². The van der Waals surface area contributed by atoms with Crippen LogP contribution in [-0.4, -0.2) is 12.2 Å². The molecule has 2 rings (SSSR count). The van der Waals surface area contributed by atoms with Gasteiger partial charge in [-0.1, -0.05) is 40.2 Å². The molecule has 0 amide bonds. The first-order valence-electron chi connectivity index (χ1n) is 6.18. The molecule has 2 aromatic rings. The number of halogens is 1. The van der Waals surface area contributed by atoms with E-state index in [1.807, 2.05) is 36.4 Å². The van der Waals surface area contributed by atoms with Crippen molar-refractivity contribution in [3.63, 3.8) is 0 Å². The number of ether oxygens (including phenoxy) is 1. The van der Waals surface area contributed by atoms with E-state index in [4.69, 9.17) is 4.74 Å². The second-order valence-electron chi connectivity index (χ2n) is 4.53. The predicted octanol–water partition coefficient (Wildman–Crippen LogP) is 4.04. The summed E-state index contributed by atoms with van der Waals surface area (Å²) in [5.41, 5.74) is 3.15. The number of aliphatic hydroxyl groups is 1. The van der Waals surface area contributed by atoms with Gasteiger partial charge in [0.1, 0.15) is 5.75 Å². The van der Waals surface area contributed by atoms with Gasteiger partial charge >= 0.3 is 0 Å². The summed E-state index contributed by atoms with van der Waals surface area (Å²) in [6, 6.07) is 13.8. The number of rotatable bonds is 4. The summed E-state index contributed by atoms with van der Waals surface area (Å²) in [6.07, 6.45) is 0.00741. The van der Waals surface area contributed by atoms with Crippen LogP contribution in [0.5, 0.6) is 5.75 Å². The number of hydrogen-bond donors (Lipinski definition) is 1. The lowest BCUT2D eigenvalue weighted by molar-refractivity contribution is 0.173. The Kier molecular flexibility index (Phi) is 4.61. The average Bonchev–Trinajstić information content (AvgIpc) is 2.41. The molecule has 0 aliphatic rings. The highest BCUT2D eigenvalue weighted by atomic mass is 79.9. The van der Waals surface area contributed by atoms with Crippen LogP contribution in [0, 0.1) is 6.92 Å². The van der Waals surface area contributed by atoms with Gasteiger partial charge in [-0.05, 0) is 36.2 Å². The molecule has 100 valence electrons. The summed E-state index contributed by atoms with van der Waals surface area (Å²) in [7, 11) is 1.62. The highest BCUT2D eigenvalue weighted by Crippen LogP contribution is 2.30. The number of hydrogen-bond acceptors (Lipinski definition) is 2. The molecule has 0 radical (unpaired) electrons. The highest BCUT2D eigenvalue weighted by Gasteiger charge is 2.15. The maximum absolute atomic E-state index is 10.4. The molecule has 0 saturated heterocycles. The van der Waals surface area contributed by atoms with Gasteiger partial charge in [-0.15, -0.1) is 0 Å². The van der Waals surface area contributed by atoms with Gasteiger partial charge in [0, 0.05) is 16.5 Å². The van der Waals surface area contributed by atoms with Crippen LogP contribution in [0.3, 0.4) is 0 Å². The third-order valence-electron chi connectivity index (χ3n) is 3.23. The summed E-state index contributed by atoms with van der Waals surface area (Å²) >= 11 is 3.43. The molecule has 0 bridgehead atoms. The van der Waals surface area contributed by atoms with Crippen molar-refractivity contribution < 1.29 is 9.84 Å². The molecule has 0 aromatic heterocycles. The Morgan fingerprint density at radius 3 is 2.63 bits per heavy atom. The van der Waals surface area contributed by atoms with Crippen LogP contribution in [0.15, 0.2) is 46.9 Å². The quantitative estimate of drug-likeness (QED) is 0.921. The standard InChI is InChI=1S/C16H17BrO2/c1-11-5-3-4-6-12(11)9-15(18)14-10-13(17)7-8-16(14)19-2/h3-8,10,15,18H,9H2,1-2H3. The first kappa shape index (κ1) is 14.1. The number of benzene rings is 2. The van der Waals surface area contributed by atoms with Crippen molar-refractivity contribution >= 4 is 15.9 Å². The number of aliphatic hydroxyl groups excluding tert-OH is 1. The van der Waals surface area contributed by atoms with Gasteiger partial charge in [0.2, 0.25) is 0 Å². The molecule has 2 nitrogen and oxygen atoms in total. The Bertz CT molecular complexity index is 566. The monoisotopic (exact) mass is 320 g/mol. The van der Waals surface area contributed by atoms with Gasteiger partial charge in [-0.3, -0.25) is 0 Å². The third kappa shape index (κ3) is 3.37. The van der Waals surface area contributed by atoms with E-state index in [0.29, 0.717) is 12.2 Å². The molecule has 0 saturated carbocycles. The van der Waals surface area contributed by atoms with Crippen LogP contribution in [0.25, 0.3) is 0 Å².